The molecule has 1 amide bonds. The van der Waals surface area contributed by atoms with E-state index in [1.807, 2.05) is 19.2 Å². The zero-order chi connectivity index (χ0) is 11.4. The second kappa shape index (κ2) is 5.16. The molecule has 1 saturated heterocycles. The first-order valence-corrected chi connectivity index (χ1v) is 5.88. The number of rotatable bonds is 3. The van der Waals surface area contributed by atoms with Crippen LogP contribution in [0.5, 0.6) is 0 Å². The highest BCUT2D eigenvalue weighted by Gasteiger charge is 2.15. The van der Waals surface area contributed by atoms with Crippen molar-refractivity contribution < 1.29 is 4.79 Å². The van der Waals surface area contributed by atoms with E-state index in [9.17, 15) is 4.79 Å². The molecule has 2 rings (SSSR count). The van der Waals surface area contributed by atoms with E-state index in [0.717, 1.165) is 37.2 Å². The number of aromatic amines is 1. The number of carbonyl (C=O) groups excluding carboxylic acids is 1. The summed E-state index contributed by atoms with van der Waals surface area (Å²) in [5, 5.41) is 6.35. The maximum atomic E-state index is 11.7. The molecule has 88 valence electrons. The van der Waals surface area contributed by atoms with E-state index in [4.69, 9.17) is 0 Å². The van der Waals surface area contributed by atoms with Gasteiger partial charge in [-0.05, 0) is 37.9 Å². The summed E-state index contributed by atoms with van der Waals surface area (Å²) in [6, 6.07) is 2.32. The number of piperidine rings is 1. The molecule has 0 bridgehead atoms. The van der Waals surface area contributed by atoms with Crippen LogP contribution in [-0.4, -0.2) is 30.0 Å². The highest BCUT2D eigenvalue weighted by atomic mass is 16.1. The first-order chi connectivity index (χ1) is 7.74. The predicted octanol–water partition coefficient (Wildman–Crippen LogP) is 0.734. The van der Waals surface area contributed by atoms with Gasteiger partial charge in [-0.3, -0.25) is 4.79 Å². The SMILES string of the molecule is Cc1cc(CC(=O)NC2CCCNC2)c[nH]1. The van der Waals surface area contributed by atoms with Gasteiger partial charge in [0.05, 0.1) is 6.42 Å². The van der Waals surface area contributed by atoms with E-state index < -0.39 is 0 Å². The number of aromatic nitrogens is 1. The van der Waals surface area contributed by atoms with Crippen molar-refractivity contribution in [3.8, 4) is 0 Å². The molecule has 0 saturated carbocycles. The largest absolute Gasteiger partial charge is 0.365 e. The van der Waals surface area contributed by atoms with E-state index in [1.54, 1.807) is 0 Å². The minimum atomic E-state index is 0.118. The fourth-order valence-electron chi connectivity index (χ4n) is 2.11. The van der Waals surface area contributed by atoms with Gasteiger partial charge in [0.25, 0.3) is 0 Å². The number of hydrogen-bond donors (Lipinski definition) is 3. The predicted molar refractivity (Wildman–Crippen MR) is 63.3 cm³/mol. The average molecular weight is 221 g/mol. The fourth-order valence-corrected chi connectivity index (χ4v) is 2.11. The molecule has 1 fully saturated rings. The minimum Gasteiger partial charge on any atom is -0.365 e. The summed E-state index contributed by atoms with van der Waals surface area (Å²) in [5.74, 6) is 0.118. The van der Waals surface area contributed by atoms with E-state index in [1.165, 1.54) is 0 Å². The number of amides is 1. The molecule has 4 nitrogen and oxygen atoms in total. The van der Waals surface area contributed by atoms with Gasteiger partial charge in [0.15, 0.2) is 0 Å². The second-order valence-electron chi connectivity index (χ2n) is 4.48. The Kier molecular flexibility index (Phi) is 3.62. The van der Waals surface area contributed by atoms with Crippen LogP contribution in [0, 0.1) is 6.92 Å². The third-order valence-electron chi connectivity index (χ3n) is 2.91. The Bertz CT molecular complexity index is 353. The van der Waals surface area contributed by atoms with Gasteiger partial charge in [-0.1, -0.05) is 0 Å². The number of nitrogens with one attached hydrogen (secondary N) is 3. The topological polar surface area (TPSA) is 56.9 Å². The van der Waals surface area contributed by atoms with Crippen LogP contribution in [0.2, 0.25) is 0 Å². The van der Waals surface area contributed by atoms with Gasteiger partial charge in [0.1, 0.15) is 0 Å². The molecule has 1 aromatic rings. The van der Waals surface area contributed by atoms with Crippen LogP contribution in [-0.2, 0) is 11.2 Å². The van der Waals surface area contributed by atoms with Crippen molar-refractivity contribution in [2.45, 2.75) is 32.2 Å². The summed E-state index contributed by atoms with van der Waals surface area (Å²) in [4.78, 5) is 14.8. The van der Waals surface area contributed by atoms with Crippen molar-refractivity contribution in [1.82, 2.24) is 15.6 Å². The monoisotopic (exact) mass is 221 g/mol. The highest BCUT2D eigenvalue weighted by Crippen LogP contribution is 2.05. The molecule has 0 aromatic carbocycles. The molecule has 16 heavy (non-hydrogen) atoms. The second-order valence-corrected chi connectivity index (χ2v) is 4.48. The molecule has 1 unspecified atom stereocenters. The van der Waals surface area contributed by atoms with Gasteiger partial charge in [0, 0.05) is 24.5 Å². The first kappa shape index (κ1) is 11.2. The van der Waals surface area contributed by atoms with Gasteiger partial charge in [-0.25, -0.2) is 0 Å². The van der Waals surface area contributed by atoms with Crippen LogP contribution in [0.3, 0.4) is 0 Å². The van der Waals surface area contributed by atoms with Crippen LogP contribution in [0.1, 0.15) is 24.1 Å². The molecule has 3 N–H and O–H groups in total. The molecule has 1 aliphatic rings. The Morgan fingerprint density at radius 2 is 2.50 bits per heavy atom. The Morgan fingerprint density at radius 1 is 1.62 bits per heavy atom. The average Bonchev–Trinajstić information content (AvgIpc) is 2.65. The molecular formula is C12H19N3O. The van der Waals surface area contributed by atoms with Crippen LogP contribution in [0.25, 0.3) is 0 Å². The summed E-state index contributed by atoms with van der Waals surface area (Å²) in [6.45, 7) is 3.97. The van der Waals surface area contributed by atoms with E-state index in [0.29, 0.717) is 12.5 Å². The molecule has 0 radical (unpaired) electrons. The smallest absolute Gasteiger partial charge is 0.224 e. The molecule has 0 aliphatic carbocycles. The Balaban J connectivity index is 1.79. The summed E-state index contributed by atoms with van der Waals surface area (Å²) in [5.41, 5.74) is 2.15. The molecule has 2 heterocycles. The molecule has 1 atom stereocenters. The van der Waals surface area contributed by atoms with Gasteiger partial charge in [-0.15, -0.1) is 0 Å². The lowest BCUT2D eigenvalue weighted by Crippen LogP contribution is -2.46. The zero-order valence-electron chi connectivity index (χ0n) is 9.68. The van der Waals surface area contributed by atoms with E-state index in [2.05, 4.69) is 15.6 Å². The van der Waals surface area contributed by atoms with Crippen LogP contribution in [0.4, 0.5) is 0 Å². The summed E-state index contributed by atoms with van der Waals surface area (Å²) in [7, 11) is 0. The zero-order valence-corrected chi connectivity index (χ0v) is 9.68. The summed E-state index contributed by atoms with van der Waals surface area (Å²) < 4.78 is 0. The van der Waals surface area contributed by atoms with Crippen molar-refractivity contribution in [1.29, 1.82) is 0 Å². The lowest BCUT2D eigenvalue weighted by molar-refractivity contribution is -0.121. The van der Waals surface area contributed by atoms with Crippen molar-refractivity contribution in [2.24, 2.45) is 0 Å². The van der Waals surface area contributed by atoms with Gasteiger partial charge in [0.2, 0.25) is 5.91 Å². The fraction of sp³-hybridized carbons (Fsp3) is 0.583. The molecule has 1 aromatic heterocycles. The lowest BCUT2D eigenvalue weighted by atomic mass is 10.1. The standard InChI is InChI=1S/C12H19N3O/c1-9-5-10(7-14-9)6-12(16)15-11-3-2-4-13-8-11/h5,7,11,13-14H,2-4,6,8H2,1H3,(H,15,16). The molecule has 1 aliphatic heterocycles. The minimum absolute atomic E-state index is 0.118. The van der Waals surface area contributed by atoms with Gasteiger partial charge >= 0.3 is 0 Å². The van der Waals surface area contributed by atoms with Crippen molar-refractivity contribution in [3.05, 3.63) is 23.5 Å². The lowest BCUT2D eigenvalue weighted by Gasteiger charge is -2.23. The van der Waals surface area contributed by atoms with Gasteiger partial charge < -0.3 is 15.6 Å². The quantitative estimate of drug-likeness (QED) is 0.705. The van der Waals surface area contributed by atoms with Crippen molar-refractivity contribution in [2.75, 3.05) is 13.1 Å². The number of H-pyrrole nitrogens is 1. The summed E-state index contributed by atoms with van der Waals surface area (Å²) in [6.07, 6.45) is 4.61. The third kappa shape index (κ3) is 3.10. The van der Waals surface area contributed by atoms with Gasteiger partial charge in [-0.2, -0.15) is 0 Å². The number of hydrogen-bond acceptors (Lipinski definition) is 2. The number of carbonyl (C=O) groups is 1. The van der Waals surface area contributed by atoms with E-state index in [-0.39, 0.29) is 5.91 Å². The van der Waals surface area contributed by atoms with Crippen LogP contribution >= 0.6 is 0 Å². The molecule has 0 spiro atoms. The highest BCUT2D eigenvalue weighted by molar-refractivity contribution is 5.78. The normalized spacial score (nSPS) is 20.7. The van der Waals surface area contributed by atoms with Crippen LogP contribution in [0.15, 0.2) is 12.3 Å². The summed E-state index contributed by atoms with van der Waals surface area (Å²) >= 11 is 0. The van der Waals surface area contributed by atoms with E-state index >= 15 is 0 Å². The Hall–Kier alpha value is -1.29. The molecule has 4 heteroatoms. The van der Waals surface area contributed by atoms with Crippen LogP contribution < -0.4 is 10.6 Å². The Morgan fingerprint density at radius 3 is 3.12 bits per heavy atom. The Labute approximate surface area is 95.8 Å². The first-order valence-electron chi connectivity index (χ1n) is 5.88. The number of aryl methyl sites for hydroxylation is 1. The third-order valence-corrected chi connectivity index (χ3v) is 2.91. The van der Waals surface area contributed by atoms with Crippen molar-refractivity contribution in [3.63, 3.8) is 0 Å². The van der Waals surface area contributed by atoms with Crippen molar-refractivity contribution >= 4 is 5.91 Å². The maximum absolute atomic E-state index is 11.7. The maximum Gasteiger partial charge on any atom is 0.224 e. The molecular weight excluding hydrogens is 202 g/mol.